The summed E-state index contributed by atoms with van der Waals surface area (Å²) >= 11 is 0. The SMILES string of the molecule is CN(C)C1(CS(=O)(=O)NC(=O)Nc2c3c(cc4c2CCC4)CCC3)CC1.[K]. The molecule has 143 valence electrons. The van der Waals surface area contributed by atoms with E-state index in [4.69, 9.17) is 0 Å². The van der Waals surface area contributed by atoms with Crippen molar-refractivity contribution in [3.63, 3.8) is 0 Å². The van der Waals surface area contributed by atoms with Crippen LogP contribution < -0.4 is 10.0 Å². The zero-order valence-electron chi connectivity index (χ0n) is 16.5. The average molecular weight is 417 g/mol. The second-order valence-electron chi connectivity index (χ2n) is 8.17. The second kappa shape index (κ2) is 8.05. The van der Waals surface area contributed by atoms with Gasteiger partial charge in [-0.05, 0) is 87.7 Å². The quantitative estimate of drug-likeness (QED) is 0.718. The van der Waals surface area contributed by atoms with Crippen molar-refractivity contribution in [1.29, 1.82) is 0 Å². The van der Waals surface area contributed by atoms with E-state index < -0.39 is 16.1 Å². The molecule has 1 saturated carbocycles. The van der Waals surface area contributed by atoms with Crippen LogP contribution in [0.3, 0.4) is 0 Å². The molecule has 3 aliphatic carbocycles. The van der Waals surface area contributed by atoms with Crippen molar-refractivity contribution in [2.75, 3.05) is 25.2 Å². The minimum Gasteiger partial charge on any atom is -0.307 e. The third-order valence-electron chi connectivity index (χ3n) is 6.19. The van der Waals surface area contributed by atoms with Gasteiger partial charge in [-0.1, -0.05) is 6.07 Å². The molecule has 0 bridgehead atoms. The van der Waals surface area contributed by atoms with Crippen molar-refractivity contribution in [3.05, 3.63) is 28.3 Å². The zero-order chi connectivity index (χ0) is 18.5. The Kier molecular flexibility index (Phi) is 6.48. The molecule has 0 spiro atoms. The number of carbonyl (C=O) groups excluding carboxylic acids is 1. The fourth-order valence-electron chi connectivity index (χ4n) is 4.50. The monoisotopic (exact) mass is 416 g/mol. The molecule has 3 aliphatic rings. The number of hydrogen-bond donors (Lipinski definition) is 2. The summed E-state index contributed by atoms with van der Waals surface area (Å²) < 4.78 is 27.2. The van der Waals surface area contributed by atoms with Crippen LogP contribution in [0.25, 0.3) is 0 Å². The Hall–Kier alpha value is 0.0364. The van der Waals surface area contributed by atoms with E-state index >= 15 is 0 Å². The van der Waals surface area contributed by atoms with E-state index in [1.165, 1.54) is 22.3 Å². The number of urea groups is 1. The van der Waals surface area contributed by atoms with Crippen LogP contribution in [-0.2, 0) is 35.7 Å². The Balaban J connectivity index is 0.00000210. The smallest absolute Gasteiger partial charge is 0.307 e. The van der Waals surface area contributed by atoms with Crippen molar-refractivity contribution in [3.8, 4) is 0 Å². The number of amides is 2. The topological polar surface area (TPSA) is 78.5 Å². The van der Waals surface area contributed by atoms with Crippen LogP contribution in [-0.4, -0.2) is 96.1 Å². The Morgan fingerprint density at radius 2 is 1.63 bits per heavy atom. The second-order valence-corrected chi connectivity index (χ2v) is 9.89. The number of anilines is 1. The van der Waals surface area contributed by atoms with Gasteiger partial charge in [0, 0.05) is 62.6 Å². The van der Waals surface area contributed by atoms with Gasteiger partial charge in [-0.15, -0.1) is 0 Å². The number of sulfonamides is 1. The van der Waals surface area contributed by atoms with Crippen molar-refractivity contribution >= 4 is 73.1 Å². The molecule has 0 saturated heterocycles. The van der Waals surface area contributed by atoms with E-state index in [9.17, 15) is 13.2 Å². The van der Waals surface area contributed by atoms with Crippen LogP contribution in [0.1, 0.15) is 47.9 Å². The van der Waals surface area contributed by atoms with Crippen LogP contribution in [0.2, 0.25) is 0 Å². The van der Waals surface area contributed by atoms with Gasteiger partial charge in [-0.3, -0.25) is 0 Å². The first-order valence-corrected chi connectivity index (χ1v) is 11.1. The number of fused-ring (bicyclic) bond motifs is 2. The molecule has 27 heavy (non-hydrogen) atoms. The number of carbonyl (C=O) groups is 1. The maximum Gasteiger partial charge on any atom is 0.332 e. The minimum absolute atomic E-state index is 0. The molecule has 0 aromatic heterocycles. The van der Waals surface area contributed by atoms with Gasteiger partial charge >= 0.3 is 6.03 Å². The Morgan fingerprint density at radius 3 is 2.11 bits per heavy atom. The van der Waals surface area contributed by atoms with Crippen molar-refractivity contribution in [1.82, 2.24) is 9.62 Å². The average Bonchev–Trinajstić information content (AvgIpc) is 2.96. The fourth-order valence-corrected chi connectivity index (χ4v) is 6.16. The molecule has 1 radical (unpaired) electrons. The van der Waals surface area contributed by atoms with Crippen molar-refractivity contribution in [2.24, 2.45) is 0 Å². The molecule has 4 rings (SSSR count). The molecule has 1 aromatic rings. The van der Waals surface area contributed by atoms with E-state index in [0.717, 1.165) is 57.1 Å². The molecule has 1 aromatic carbocycles. The number of benzene rings is 1. The first kappa shape index (κ1) is 21.7. The zero-order valence-corrected chi connectivity index (χ0v) is 20.5. The van der Waals surface area contributed by atoms with E-state index in [-0.39, 0.29) is 62.7 Å². The summed E-state index contributed by atoms with van der Waals surface area (Å²) in [4.78, 5) is 14.4. The van der Waals surface area contributed by atoms with E-state index in [1.807, 2.05) is 19.0 Å². The van der Waals surface area contributed by atoms with Gasteiger partial charge in [0.25, 0.3) is 0 Å². The molecule has 2 N–H and O–H groups in total. The number of nitrogens with one attached hydrogen (secondary N) is 2. The molecule has 6 nitrogen and oxygen atoms in total. The predicted octanol–water partition coefficient (Wildman–Crippen LogP) is 1.83. The van der Waals surface area contributed by atoms with Crippen molar-refractivity contribution < 1.29 is 13.2 Å². The van der Waals surface area contributed by atoms with Crippen LogP contribution in [0.4, 0.5) is 10.5 Å². The van der Waals surface area contributed by atoms with E-state index in [0.29, 0.717) is 0 Å². The molecule has 0 heterocycles. The standard InChI is InChI=1S/C19H27N3O3S.K/c1-22(2)19(9-10-19)12-26(24,25)21-18(23)20-17-15-7-3-5-13(15)11-14-6-4-8-16(14)17;/h11H,3-10,12H2,1-2H3,(H2,20,21,23);. The van der Waals surface area contributed by atoms with Gasteiger partial charge < -0.3 is 10.2 Å². The molecule has 0 atom stereocenters. The number of rotatable bonds is 5. The van der Waals surface area contributed by atoms with Gasteiger partial charge in [0.15, 0.2) is 0 Å². The Labute approximate surface area is 204 Å². The first-order valence-electron chi connectivity index (χ1n) is 9.45. The Bertz CT molecular complexity index is 831. The third-order valence-corrected chi connectivity index (χ3v) is 7.61. The van der Waals surface area contributed by atoms with Gasteiger partial charge in [0.2, 0.25) is 10.0 Å². The normalized spacial score (nSPS) is 19.2. The van der Waals surface area contributed by atoms with E-state index in [2.05, 4.69) is 16.1 Å². The summed E-state index contributed by atoms with van der Waals surface area (Å²) in [6.07, 6.45) is 7.88. The molecule has 0 unspecified atom stereocenters. The third kappa shape index (κ3) is 4.47. The number of aryl methyl sites for hydroxylation is 2. The summed E-state index contributed by atoms with van der Waals surface area (Å²) in [6, 6.07) is 1.66. The number of hydrogen-bond acceptors (Lipinski definition) is 4. The van der Waals surface area contributed by atoms with Crippen LogP contribution in [0, 0.1) is 0 Å². The molecule has 0 aliphatic heterocycles. The molecular formula is C19H27KN3O3S. The van der Waals surface area contributed by atoms with Crippen LogP contribution >= 0.6 is 0 Å². The molecule has 2 amide bonds. The fraction of sp³-hybridized carbons (Fsp3) is 0.632. The summed E-state index contributed by atoms with van der Waals surface area (Å²) in [7, 11) is 0.103. The predicted molar refractivity (Wildman–Crippen MR) is 108 cm³/mol. The minimum atomic E-state index is -3.67. The first-order chi connectivity index (χ1) is 12.3. The molecule has 8 heteroatoms. The van der Waals surface area contributed by atoms with Crippen LogP contribution in [0.15, 0.2) is 6.07 Å². The molecular weight excluding hydrogens is 389 g/mol. The maximum atomic E-state index is 12.5. The van der Waals surface area contributed by atoms with E-state index in [1.54, 1.807) is 0 Å². The summed E-state index contributed by atoms with van der Waals surface area (Å²) in [5, 5.41) is 2.89. The van der Waals surface area contributed by atoms with Gasteiger partial charge in [-0.2, -0.15) is 0 Å². The van der Waals surface area contributed by atoms with Gasteiger partial charge in [-0.25, -0.2) is 17.9 Å². The van der Waals surface area contributed by atoms with Gasteiger partial charge in [0.1, 0.15) is 0 Å². The number of nitrogens with zero attached hydrogens (tertiary/aromatic N) is 1. The van der Waals surface area contributed by atoms with Gasteiger partial charge in [0.05, 0.1) is 5.75 Å². The molecule has 1 fully saturated rings. The largest absolute Gasteiger partial charge is 0.332 e. The van der Waals surface area contributed by atoms with Crippen LogP contribution in [0.5, 0.6) is 0 Å². The summed E-state index contributed by atoms with van der Waals surface area (Å²) in [5.41, 5.74) is 5.58. The van der Waals surface area contributed by atoms with Crippen molar-refractivity contribution in [2.45, 2.75) is 56.9 Å². The summed E-state index contributed by atoms with van der Waals surface area (Å²) in [6.45, 7) is 0. The maximum absolute atomic E-state index is 12.5. The summed E-state index contributed by atoms with van der Waals surface area (Å²) in [5.74, 6) is -0.0363. The Morgan fingerprint density at radius 1 is 1.07 bits per heavy atom.